The molecule has 4 nitrogen and oxygen atoms in total. The zero-order chi connectivity index (χ0) is 15.4. The van der Waals surface area contributed by atoms with E-state index in [0.29, 0.717) is 16.9 Å². The molecule has 0 aliphatic rings. The molecule has 21 heavy (non-hydrogen) atoms. The molecule has 0 saturated heterocycles. The average Bonchev–Trinajstić information content (AvgIpc) is 2.49. The van der Waals surface area contributed by atoms with Crippen LogP contribution in [0.5, 0.6) is 0 Å². The molecule has 0 radical (unpaired) electrons. The molecule has 2 rings (SSSR count). The molecule has 0 aliphatic carbocycles. The summed E-state index contributed by atoms with van der Waals surface area (Å²) in [5, 5.41) is 3.37. The fraction of sp³-hybridized carbons (Fsp3) is 0.235. The number of aryl methyl sites for hydroxylation is 2. The van der Waals surface area contributed by atoms with Crippen LogP contribution in [-0.2, 0) is 12.8 Å². The highest BCUT2D eigenvalue weighted by Crippen LogP contribution is 2.30. The number of para-hydroxylation sites is 2. The Morgan fingerprint density at radius 1 is 1.05 bits per heavy atom. The smallest absolute Gasteiger partial charge is 0.250 e. The van der Waals surface area contributed by atoms with Gasteiger partial charge in [0.25, 0.3) is 5.91 Å². The predicted molar refractivity (Wildman–Crippen MR) is 87.9 cm³/mol. The molecule has 0 aromatic heterocycles. The van der Waals surface area contributed by atoms with Crippen LogP contribution in [0.1, 0.15) is 35.3 Å². The van der Waals surface area contributed by atoms with E-state index < -0.39 is 5.91 Å². The predicted octanol–water partition coefficient (Wildman–Crippen LogP) is 3.24. The summed E-state index contributed by atoms with van der Waals surface area (Å²) in [6.07, 6.45) is 1.84. The molecular formula is C17H21N3O. The Hall–Kier alpha value is -2.49. The van der Waals surface area contributed by atoms with Crippen LogP contribution >= 0.6 is 0 Å². The molecule has 1 amide bonds. The van der Waals surface area contributed by atoms with Crippen molar-refractivity contribution in [3.05, 3.63) is 53.1 Å². The lowest BCUT2D eigenvalue weighted by Crippen LogP contribution is -2.14. The minimum atomic E-state index is -0.518. The maximum absolute atomic E-state index is 11.4. The SMILES string of the molecule is CCc1cccc(CC)c1Nc1cccc(C(N)=O)c1N. The topological polar surface area (TPSA) is 81.1 Å². The van der Waals surface area contributed by atoms with Gasteiger partial charge in [0, 0.05) is 5.69 Å². The zero-order valence-corrected chi connectivity index (χ0v) is 12.4. The Morgan fingerprint density at radius 3 is 2.14 bits per heavy atom. The molecule has 2 aromatic rings. The number of hydrogen-bond donors (Lipinski definition) is 3. The van der Waals surface area contributed by atoms with Gasteiger partial charge in [0.1, 0.15) is 0 Å². The van der Waals surface area contributed by atoms with E-state index in [1.165, 1.54) is 11.1 Å². The third-order valence-corrected chi connectivity index (χ3v) is 3.63. The summed E-state index contributed by atoms with van der Waals surface area (Å²) in [6.45, 7) is 4.23. The molecule has 0 saturated carbocycles. The van der Waals surface area contributed by atoms with Crippen molar-refractivity contribution in [2.75, 3.05) is 11.1 Å². The highest BCUT2D eigenvalue weighted by molar-refractivity contribution is 6.01. The van der Waals surface area contributed by atoms with Crippen molar-refractivity contribution in [1.82, 2.24) is 0 Å². The van der Waals surface area contributed by atoms with Gasteiger partial charge in [0.2, 0.25) is 0 Å². The number of nitrogens with one attached hydrogen (secondary N) is 1. The number of rotatable bonds is 5. The maximum atomic E-state index is 11.4. The van der Waals surface area contributed by atoms with Crippen molar-refractivity contribution in [1.29, 1.82) is 0 Å². The van der Waals surface area contributed by atoms with Gasteiger partial charge < -0.3 is 16.8 Å². The molecule has 5 N–H and O–H groups in total. The lowest BCUT2D eigenvalue weighted by Gasteiger charge is -2.17. The second-order valence-electron chi connectivity index (χ2n) is 4.91. The zero-order valence-electron chi connectivity index (χ0n) is 12.4. The second-order valence-corrected chi connectivity index (χ2v) is 4.91. The highest BCUT2D eigenvalue weighted by atomic mass is 16.1. The van der Waals surface area contributed by atoms with Crippen molar-refractivity contribution >= 4 is 23.0 Å². The molecular weight excluding hydrogens is 262 g/mol. The summed E-state index contributed by atoms with van der Waals surface area (Å²) in [6, 6.07) is 11.5. The first-order valence-electron chi connectivity index (χ1n) is 7.14. The highest BCUT2D eigenvalue weighted by Gasteiger charge is 2.12. The molecule has 0 aliphatic heterocycles. The Kier molecular flexibility index (Phi) is 4.48. The number of anilines is 3. The van der Waals surface area contributed by atoms with Crippen molar-refractivity contribution in [2.45, 2.75) is 26.7 Å². The van der Waals surface area contributed by atoms with Crippen LogP contribution in [0, 0.1) is 0 Å². The van der Waals surface area contributed by atoms with E-state index in [0.717, 1.165) is 18.5 Å². The largest absolute Gasteiger partial charge is 0.396 e. The fourth-order valence-electron chi connectivity index (χ4n) is 2.43. The van der Waals surface area contributed by atoms with E-state index in [-0.39, 0.29) is 0 Å². The van der Waals surface area contributed by atoms with Gasteiger partial charge in [-0.2, -0.15) is 0 Å². The van der Waals surface area contributed by atoms with Gasteiger partial charge in [0.05, 0.1) is 16.9 Å². The minimum absolute atomic E-state index is 0.340. The van der Waals surface area contributed by atoms with Crippen molar-refractivity contribution in [3.63, 3.8) is 0 Å². The van der Waals surface area contributed by atoms with E-state index in [1.54, 1.807) is 12.1 Å². The average molecular weight is 283 g/mol. The number of amides is 1. The number of carbonyl (C=O) groups excluding carboxylic acids is 1. The number of benzene rings is 2. The van der Waals surface area contributed by atoms with Gasteiger partial charge in [0.15, 0.2) is 0 Å². The Bertz CT molecular complexity index is 643. The number of carbonyl (C=O) groups is 1. The van der Waals surface area contributed by atoms with Gasteiger partial charge in [-0.3, -0.25) is 4.79 Å². The van der Waals surface area contributed by atoms with Crippen molar-refractivity contribution < 1.29 is 4.79 Å². The maximum Gasteiger partial charge on any atom is 0.250 e. The van der Waals surface area contributed by atoms with Crippen molar-refractivity contribution in [2.24, 2.45) is 5.73 Å². The van der Waals surface area contributed by atoms with Crippen LogP contribution in [0.15, 0.2) is 36.4 Å². The Morgan fingerprint density at radius 2 is 1.62 bits per heavy atom. The van der Waals surface area contributed by atoms with Crippen LogP contribution in [0.4, 0.5) is 17.1 Å². The summed E-state index contributed by atoms with van der Waals surface area (Å²) in [4.78, 5) is 11.4. The molecule has 2 aromatic carbocycles. The van der Waals surface area contributed by atoms with Crippen LogP contribution < -0.4 is 16.8 Å². The summed E-state index contributed by atoms with van der Waals surface area (Å²) in [5.41, 5.74) is 16.3. The normalized spacial score (nSPS) is 10.4. The third kappa shape index (κ3) is 2.99. The van der Waals surface area contributed by atoms with Gasteiger partial charge >= 0.3 is 0 Å². The van der Waals surface area contributed by atoms with Gasteiger partial charge in [-0.15, -0.1) is 0 Å². The summed E-state index contributed by atoms with van der Waals surface area (Å²) in [5.74, 6) is -0.518. The monoisotopic (exact) mass is 283 g/mol. The van der Waals surface area contributed by atoms with Crippen LogP contribution in [0.3, 0.4) is 0 Å². The lowest BCUT2D eigenvalue weighted by molar-refractivity contribution is 0.100. The molecule has 0 atom stereocenters. The van der Waals surface area contributed by atoms with E-state index >= 15 is 0 Å². The molecule has 110 valence electrons. The number of nitrogen functional groups attached to an aromatic ring is 1. The molecule has 0 bridgehead atoms. The van der Waals surface area contributed by atoms with Crippen molar-refractivity contribution in [3.8, 4) is 0 Å². The standard InChI is InChI=1S/C17H21N3O/c1-3-11-7-5-8-12(4-2)16(11)20-14-10-6-9-13(15(14)18)17(19)21/h5-10,20H,3-4,18H2,1-2H3,(H2,19,21). The first-order valence-corrected chi connectivity index (χ1v) is 7.14. The molecule has 0 fully saturated rings. The third-order valence-electron chi connectivity index (χ3n) is 3.63. The molecule has 0 spiro atoms. The van der Waals surface area contributed by atoms with Gasteiger partial charge in [-0.25, -0.2) is 0 Å². The second kappa shape index (κ2) is 6.31. The minimum Gasteiger partial charge on any atom is -0.396 e. The lowest BCUT2D eigenvalue weighted by atomic mass is 10.0. The Balaban J connectivity index is 2.48. The first-order chi connectivity index (χ1) is 10.1. The van der Waals surface area contributed by atoms with E-state index in [9.17, 15) is 4.79 Å². The number of hydrogen-bond acceptors (Lipinski definition) is 3. The quantitative estimate of drug-likeness (QED) is 0.737. The van der Waals surface area contributed by atoms with Crippen LogP contribution in [-0.4, -0.2) is 5.91 Å². The Labute approximate surface area is 125 Å². The number of primary amides is 1. The molecule has 0 unspecified atom stereocenters. The molecule has 4 heteroatoms. The van der Waals surface area contributed by atoms with E-state index in [2.05, 4.69) is 37.4 Å². The first kappa shape index (κ1) is 14.9. The summed E-state index contributed by atoms with van der Waals surface area (Å²) in [7, 11) is 0. The summed E-state index contributed by atoms with van der Waals surface area (Å²) >= 11 is 0. The van der Waals surface area contributed by atoms with Gasteiger partial charge in [-0.05, 0) is 36.1 Å². The van der Waals surface area contributed by atoms with E-state index in [4.69, 9.17) is 11.5 Å². The molecule has 0 heterocycles. The van der Waals surface area contributed by atoms with Crippen LogP contribution in [0.2, 0.25) is 0 Å². The van der Waals surface area contributed by atoms with Gasteiger partial charge in [-0.1, -0.05) is 38.1 Å². The summed E-state index contributed by atoms with van der Waals surface area (Å²) < 4.78 is 0. The fourth-order valence-corrected chi connectivity index (χ4v) is 2.43. The number of nitrogens with two attached hydrogens (primary N) is 2. The van der Waals surface area contributed by atoms with E-state index in [1.807, 2.05) is 6.07 Å². The van der Waals surface area contributed by atoms with Crippen LogP contribution in [0.25, 0.3) is 0 Å².